The number of aromatic nitrogens is 2. The zero-order valence-electron chi connectivity index (χ0n) is 11.5. The number of nitriles is 1. The lowest BCUT2D eigenvalue weighted by Gasteiger charge is -2.15. The second-order valence-electron chi connectivity index (χ2n) is 5.27. The highest BCUT2D eigenvalue weighted by molar-refractivity contribution is 5.40. The van der Waals surface area contributed by atoms with Crippen molar-refractivity contribution in [2.24, 2.45) is 5.41 Å². The Morgan fingerprint density at radius 3 is 2.67 bits per heavy atom. The van der Waals surface area contributed by atoms with Gasteiger partial charge in [0.15, 0.2) is 0 Å². The van der Waals surface area contributed by atoms with Crippen LogP contribution in [0.15, 0.2) is 17.1 Å². The van der Waals surface area contributed by atoms with Crippen LogP contribution in [0.3, 0.4) is 0 Å². The molecule has 0 N–H and O–H groups in total. The van der Waals surface area contributed by atoms with Crippen LogP contribution in [-0.2, 0) is 6.54 Å². The van der Waals surface area contributed by atoms with Crippen molar-refractivity contribution in [1.82, 2.24) is 9.78 Å². The molecule has 0 aliphatic carbocycles. The van der Waals surface area contributed by atoms with E-state index in [1.54, 1.807) is 12.3 Å². The summed E-state index contributed by atoms with van der Waals surface area (Å²) in [5.41, 5.74) is 0.359. The van der Waals surface area contributed by atoms with Crippen molar-refractivity contribution in [3.63, 3.8) is 0 Å². The maximum atomic E-state index is 11.8. The topological polar surface area (TPSA) is 61.9 Å². The molecule has 1 rings (SSSR count). The molecule has 0 amide bonds. The van der Waals surface area contributed by atoms with Crippen molar-refractivity contribution in [2.45, 2.75) is 33.2 Å². The summed E-state index contributed by atoms with van der Waals surface area (Å²) in [6.45, 7) is 4.36. The molecule has 5 heteroatoms. The van der Waals surface area contributed by atoms with Crippen molar-refractivity contribution >= 4 is 5.69 Å². The Balaban J connectivity index is 2.65. The van der Waals surface area contributed by atoms with Crippen LogP contribution < -0.4 is 10.5 Å². The van der Waals surface area contributed by atoms with Gasteiger partial charge in [-0.25, -0.2) is 4.68 Å². The lowest BCUT2D eigenvalue weighted by atomic mass is 9.90. The molecular formula is C13H20N4O. The Morgan fingerprint density at radius 1 is 1.50 bits per heavy atom. The first-order chi connectivity index (χ1) is 8.35. The SMILES string of the molecule is CN(C)c1cnn(CCCC(C)(C)C#N)c(=O)c1. The molecule has 0 unspecified atom stereocenters. The van der Waals surface area contributed by atoms with Gasteiger partial charge in [0, 0.05) is 26.7 Å². The fraction of sp³-hybridized carbons (Fsp3) is 0.615. The van der Waals surface area contributed by atoms with Gasteiger partial charge in [0.25, 0.3) is 5.56 Å². The summed E-state index contributed by atoms with van der Waals surface area (Å²) in [5, 5.41) is 13.0. The molecule has 0 atom stereocenters. The van der Waals surface area contributed by atoms with Crippen LogP contribution in [-0.4, -0.2) is 23.9 Å². The van der Waals surface area contributed by atoms with Crippen molar-refractivity contribution in [3.05, 3.63) is 22.6 Å². The van der Waals surface area contributed by atoms with Crippen molar-refractivity contribution in [1.29, 1.82) is 5.26 Å². The van der Waals surface area contributed by atoms with Crippen LogP contribution in [0.2, 0.25) is 0 Å². The van der Waals surface area contributed by atoms with Crippen molar-refractivity contribution in [3.8, 4) is 6.07 Å². The van der Waals surface area contributed by atoms with Gasteiger partial charge >= 0.3 is 0 Å². The summed E-state index contributed by atoms with van der Waals surface area (Å²) < 4.78 is 1.44. The van der Waals surface area contributed by atoms with E-state index in [1.165, 1.54) is 4.68 Å². The van der Waals surface area contributed by atoms with E-state index < -0.39 is 0 Å². The van der Waals surface area contributed by atoms with Crippen LogP contribution in [0.1, 0.15) is 26.7 Å². The number of aryl methyl sites for hydroxylation is 1. The summed E-state index contributed by atoms with van der Waals surface area (Å²) in [6, 6.07) is 3.82. The largest absolute Gasteiger partial charge is 0.376 e. The molecule has 1 aromatic rings. The van der Waals surface area contributed by atoms with E-state index >= 15 is 0 Å². The van der Waals surface area contributed by atoms with Crippen LogP contribution >= 0.6 is 0 Å². The Labute approximate surface area is 108 Å². The molecule has 0 bridgehead atoms. The van der Waals surface area contributed by atoms with Crippen molar-refractivity contribution < 1.29 is 0 Å². The highest BCUT2D eigenvalue weighted by atomic mass is 16.1. The van der Waals surface area contributed by atoms with Gasteiger partial charge < -0.3 is 4.90 Å². The standard InChI is InChI=1S/C13H20N4O/c1-13(2,10-14)6-5-7-17-12(18)8-11(9-15-17)16(3)4/h8-9H,5-7H2,1-4H3. The highest BCUT2D eigenvalue weighted by Gasteiger charge is 2.15. The van der Waals surface area contributed by atoms with E-state index in [9.17, 15) is 4.79 Å². The second kappa shape index (κ2) is 5.67. The minimum absolute atomic E-state index is 0.101. The molecule has 0 aromatic carbocycles. The Bertz CT molecular complexity index is 496. The average Bonchev–Trinajstić information content (AvgIpc) is 2.31. The summed E-state index contributed by atoms with van der Waals surface area (Å²) in [5.74, 6) is 0. The summed E-state index contributed by atoms with van der Waals surface area (Å²) >= 11 is 0. The monoisotopic (exact) mass is 248 g/mol. The fourth-order valence-electron chi connectivity index (χ4n) is 1.56. The molecule has 0 saturated heterocycles. The molecule has 5 nitrogen and oxygen atoms in total. The smallest absolute Gasteiger partial charge is 0.268 e. The van der Waals surface area contributed by atoms with Gasteiger partial charge in [-0.15, -0.1) is 0 Å². The molecular weight excluding hydrogens is 228 g/mol. The van der Waals surface area contributed by atoms with E-state index in [1.807, 2.05) is 32.8 Å². The first-order valence-electron chi connectivity index (χ1n) is 6.01. The summed E-state index contributed by atoms with van der Waals surface area (Å²) in [7, 11) is 3.74. The Kier molecular flexibility index (Phi) is 4.49. The van der Waals surface area contributed by atoms with Gasteiger partial charge in [0.1, 0.15) is 0 Å². The number of anilines is 1. The quantitative estimate of drug-likeness (QED) is 0.794. The molecule has 0 spiro atoms. The average molecular weight is 248 g/mol. The minimum atomic E-state index is -0.340. The maximum Gasteiger partial charge on any atom is 0.268 e. The lowest BCUT2D eigenvalue weighted by Crippen LogP contribution is -2.24. The minimum Gasteiger partial charge on any atom is -0.376 e. The van der Waals surface area contributed by atoms with E-state index in [0.29, 0.717) is 6.54 Å². The number of rotatable bonds is 5. The summed E-state index contributed by atoms with van der Waals surface area (Å²) in [4.78, 5) is 13.6. The van der Waals surface area contributed by atoms with Gasteiger partial charge in [-0.2, -0.15) is 10.4 Å². The molecule has 0 fully saturated rings. The molecule has 0 aliphatic heterocycles. The zero-order valence-corrected chi connectivity index (χ0v) is 11.5. The first-order valence-corrected chi connectivity index (χ1v) is 6.01. The predicted octanol–water partition coefficient (Wildman–Crippen LogP) is 1.64. The summed E-state index contributed by atoms with van der Waals surface area (Å²) in [6.07, 6.45) is 3.21. The van der Waals surface area contributed by atoms with Gasteiger partial charge in [-0.1, -0.05) is 0 Å². The van der Waals surface area contributed by atoms with E-state index in [2.05, 4.69) is 11.2 Å². The zero-order chi connectivity index (χ0) is 13.8. The third-order valence-electron chi connectivity index (χ3n) is 2.85. The predicted molar refractivity (Wildman–Crippen MR) is 71.5 cm³/mol. The third-order valence-corrected chi connectivity index (χ3v) is 2.85. The lowest BCUT2D eigenvalue weighted by molar-refractivity contribution is 0.402. The first kappa shape index (κ1) is 14.2. The molecule has 18 heavy (non-hydrogen) atoms. The molecule has 98 valence electrons. The van der Waals surface area contributed by atoms with Crippen molar-refractivity contribution in [2.75, 3.05) is 19.0 Å². The Morgan fingerprint density at radius 2 is 2.17 bits per heavy atom. The highest BCUT2D eigenvalue weighted by Crippen LogP contribution is 2.20. The Hall–Kier alpha value is -1.83. The molecule has 0 aliphatic rings. The maximum absolute atomic E-state index is 11.8. The number of hydrogen-bond donors (Lipinski definition) is 0. The normalized spacial score (nSPS) is 11.1. The van der Waals surface area contributed by atoms with Crippen LogP contribution in [0.4, 0.5) is 5.69 Å². The molecule has 0 radical (unpaired) electrons. The van der Waals surface area contributed by atoms with E-state index in [0.717, 1.165) is 18.5 Å². The van der Waals surface area contributed by atoms with Gasteiger partial charge in [-0.05, 0) is 26.7 Å². The van der Waals surface area contributed by atoms with E-state index in [4.69, 9.17) is 5.26 Å². The van der Waals surface area contributed by atoms with Crippen LogP contribution in [0.5, 0.6) is 0 Å². The van der Waals surface area contributed by atoms with Crippen LogP contribution in [0.25, 0.3) is 0 Å². The third kappa shape index (κ3) is 3.88. The van der Waals surface area contributed by atoms with Crippen LogP contribution in [0, 0.1) is 16.7 Å². The molecule has 1 aromatic heterocycles. The number of hydrogen-bond acceptors (Lipinski definition) is 4. The van der Waals surface area contributed by atoms with Gasteiger partial charge in [0.2, 0.25) is 0 Å². The van der Waals surface area contributed by atoms with E-state index in [-0.39, 0.29) is 11.0 Å². The fourth-order valence-corrected chi connectivity index (χ4v) is 1.56. The number of nitrogens with zero attached hydrogens (tertiary/aromatic N) is 4. The van der Waals surface area contributed by atoms with Gasteiger partial charge in [0.05, 0.1) is 23.4 Å². The molecule has 0 saturated carbocycles. The second-order valence-corrected chi connectivity index (χ2v) is 5.27. The molecule has 1 heterocycles. The van der Waals surface area contributed by atoms with Gasteiger partial charge in [-0.3, -0.25) is 4.79 Å².